The van der Waals surface area contributed by atoms with Crippen molar-refractivity contribution in [3.05, 3.63) is 35.3 Å². The minimum absolute atomic E-state index is 0.0433. The molecule has 3 rings (SSSR count). The van der Waals surface area contributed by atoms with E-state index in [1.54, 1.807) is 29.8 Å². The maximum atomic E-state index is 12.4. The molecule has 1 fully saturated rings. The molecular weight excluding hydrogens is 338 g/mol. The smallest absolute Gasteiger partial charge is 0.261 e. The van der Waals surface area contributed by atoms with Gasteiger partial charge < -0.3 is 10.1 Å². The van der Waals surface area contributed by atoms with Gasteiger partial charge in [0.05, 0.1) is 12.7 Å². The van der Waals surface area contributed by atoms with E-state index in [1.807, 2.05) is 0 Å². The monoisotopic (exact) mass is 359 g/mol. The zero-order valence-corrected chi connectivity index (χ0v) is 14.9. The standard InChI is InChI=1S/C18H21N3O3S/c1-24-15-11-13(20-16(22)12-5-3-2-4-6-12)7-8-14(15)17(23)21-18-19-9-10-25-18/h7-12H,2-6H2,1H3,(H,20,22)(H,19,21,23). The van der Waals surface area contributed by atoms with Gasteiger partial charge in [-0.2, -0.15) is 0 Å². The van der Waals surface area contributed by atoms with Crippen LogP contribution in [0.4, 0.5) is 10.8 Å². The van der Waals surface area contributed by atoms with Gasteiger partial charge in [-0.3, -0.25) is 14.9 Å². The number of hydrogen-bond donors (Lipinski definition) is 2. The molecule has 0 saturated heterocycles. The molecule has 0 radical (unpaired) electrons. The number of hydrogen-bond acceptors (Lipinski definition) is 5. The summed E-state index contributed by atoms with van der Waals surface area (Å²) in [5.74, 6) is 0.238. The topological polar surface area (TPSA) is 80.3 Å². The zero-order valence-electron chi connectivity index (χ0n) is 14.1. The Morgan fingerprint density at radius 3 is 2.68 bits per heavy atom. The van der Waals surface area contributed by atoms with Gasteiger partial charge in [0, 0.05) is 29.2 Å². The molecule has 2 aromatic rings. The van der Waals surface area contributed by atoms with E-state index >= 15 is 0 Å². The van der Waals surface area contributed by atoms with Crippen LogP contribution in [0.1, 0.15) is 42.5 Å². The van der Waals surface area contributed by atoms with Gasteiger partial charge in [-0.1, -0.05) is 19.3 Å². The van der Waals surface area contributed by atoms with Gasteiger partial charge in [0.2, 0.25) is 5.91 Å². The van der Waals surface area contributed by atoms with E-state index in [0.29, 0.717) is 22.1 Å². The van der Waals surface area contributed by atoms with Gasteiger partial charge in [-0.15, -0.1) is 11.3 Å². The molecule has 2 amide bonds. The number of ether oxygens (including phenoxy) is 1. The van der Waals surface area contributed by atoms with E-state index in [0.717, 1.165) is 25.7 Å². The van der Waals surface area contributed by atoms with E-state index < -0.39 is 0 Å². The fraction of sp³-hybridized carbons (Fsp3) is 0.389. The minimum Gasteiger partial charge on any atom is -0.496 e. The molecule has 0 spiro atoms. The van der Waals surface area contributed by atoms with Gasteiger partial charge in [-0.05, 0) is 25.0 Å². The molecule has 7 heteroatoms. The number of aromatic nitrogens is 1. The lowest BCUT2D eigenvalue weighted by Gasteiger charge is -2.21. The summed E-state index contributed by atoms with van der Waals surface area (Å²) in [6.45, 7) is 0. The van der Waals surface area contributed by atoms with E-state index in [-0.39, 0.29) is 17.7 Å². The molecule has 1 aromatic heterocycles. The first-order valence-corrected chi connectivity index (χ1v) is 9.25. The van der Waals surface area contributed by atoms with Crippen molar-refractivity contribution in [3.8, 4) is 5.75 Å². The lowest BCUT2D eigenvalue weighted by atomic mass is 9.88. The van der Waals surface area contributed by atoms with Crippen molar-refractivity contribution in [3.63, 3.8) is 0 Å². The predicted molar refractivity (Wildman–Crippen MR) is 98.3 cm³/mol. The maximum absolute atomic E-state index is 12.4. The average Bonchev–Trinajstić information content (AvgIpc) is 3.15. The van der Waals surface area contributed by atoms with Crippen molar-refractivity contribution in [2.45, 2.75) is 32.1 Å². The Hall–Kier alpha value is -2.41. The highest BCUT2D eigenvalue weighted by Gasteiger charge is 2.22. The molecule has 6 nitrogen and oxygen atoms in total. The number of rotatable bonds is 5. The van der Waals surface area contributed by atoms with Crippen LogP contribution in [0.2, 0.25) is 0 Å². The molecule has 0 atom stereocenters. The van der Waals surface area contributed by atoms with Crippen molar-refractivity contribution < 1.29 is 14.3 Å². The summed E-state index contributed by atoms with van der Waals surface area (Å²) in [6, 6.07) is 5.05. The molecule has 1 aliphatic carbocycles. The zero-order chi connectivity index (χ0) is 17.6. The minimum atomic E-state index is -0.294. The van der Waals surface area contributed by atoms with Crippen LogP contribution < -0.4 is 15.4 Å². The van der Waals surface area contributed by atoms with Crippen molar-refractivity contribution in [2.75, 3.05) is 17.7 Å². The second-order valence-electron chi connectivity index (χ2n) is 6.03. The number of amides is 2. The highest BCUT2D eigenvalue weighted by atomic mass is 32.1. The molecule has 1 heterocycles. The second kappa shape index (κ2) is 8.11. The maximum Gasteiger partial charge on any atom is 0.261 e. The van der Waals surface area contributed by atoms with Crippen molar-refractivity contribution >= 4 is 34.0 Å². The highest BCUT2D eigenvalue weighted by molar-refractivity contribution is 7.13. The number of thiazole rings is 1. The van der Waals surface area contributed by atoms with Crippen LogP contribution in [-0.2, 0) is 4.79 Å². The van der Waals surface area contributed by atoms with Gasteiger partial charge >= 0.3 is 0 Å². The first-order valence-electron chi connectivity index (χ1n) is 8.37. The number of benzene rings is 1. The quantitative estimate of drug-likeness (QED) is 0.848. The summed E-state index contributed by atoms with van der Waals surface area (Å²) in [5, 5.41) is 7.98. The third-order valence-corrected chi connectivity index (χ3v) is 5.03. The Bertz CT molecular complexity index is 740. The third kappa shape index (κ3) is 4.36. The van der Waals surface area contributed by atoms with Crippen LogP contribution in [0.3, 0.4) is 0 Å². The van der Waals surface area contributed by atoms with Gasteiger partial charge in [0.1, 0.15) is 5.75 Å². The van der Waals surface area contributed by atoms with Crippen LogP contribution in [0, 0.1) is 5.92 Å². The molecule has 25 heavy (non-hydrogen) atoms. The Morgan fingerprint density at radius 2 is 2.00 bits per heavy atom. The predicted octanol–water partition coefficient (Wildman–Crippen LogP) is 3.92. The molecule has 0 aliphatic heterocycles. The number of carbonyl (C=O) groups is 2. The lowest BCUT2D eigenvalue weighted by Crippen LogP contribution is -2.24. The molecule has 1 aliphatic rings. The van der Waals surface area contributed by atoms with Crippen LogP contribution in [0.15, 0.2) is 29.8 Å². The van der Waals surface area contributed by atoms with Crippen molar-refractivity contribution in [1.82, 2.24) is 4.98 Å². The second-order valence-corrected chi connectivity index (χ2v) is 6.93. The van der Waals surface area contributed by atoms with E-state index in [1.165, 1.54) is 24.9 Å². The summed E-state index contributed by atoms with van der Waals surface area (Å²) in [4.78, 5) is 28.8. The number of methoxy groups -OCH3 is 1. The number of carbonyl (C=O) groups excluding carboxylic acids is 2. The first kappa shape index (κ1) is 17.4. The van der Waals surface area contributed by atoms with Crippen LogP contribution in [0.25, 0.3) is 0 Å². The van der Waals surface area contributed by atoms with Crippen LogP contribution in [-0.4, -0.2) is 23.9 Å². The largest absolute Gasteiger partial charge is 0.496 e. The van der Waals surface area contributed by atoms with Gasteiger partial charge in [-0.25, -0.2) is 4.98 Å². The fourth-order valence-corrected chi connectivity index (χ4v) is 3.54. The fourth-order valence-electron chi connectivity index (χ4n) is 3.02. The van der Waals surface area contributed by atoms with Gasteiger partial charge in [0.15, 0.2) is 5.13 Å². The summed E-state index contributed by atoms with van der Waals surface area (Å²) >= 11 is 1.35. The molecule has 2 N–H and O–H groups in total. The summed E-state index contributed by atoms with van der Waals surface area (Å²) in [5.41, 5.74) is 1.03. The normalized spacial score (nSPS) is 14.8. The molecule has 0 unspecified atom stereocenters. The Labute approximate surface area is 150 Å². The average molecular weight is 359 g/mol. The highest BCUT2D eigenvalue weighted by Crippen LogP contribution is 2.28. The Morgan fingerprint density at radius 1 is 1.20 bits per heavy atom. The number of anilines is 2. The Balaban J connectivity index is 1.70. The van der Waals surface area contributed by atoms with Crippen LogP contribution >= 0.6 is 11.3 Å². The SMILES string of the molecule is COc1cc(NC(=O)C2CCCCC2)ccc1C(=O)Nc1nccs1. The van der Waals surface area contributed by atoms with E-state index in [9.17, 15) is 9.59 Å². The molecule has 132 valence electrons. The Kier molecular flexibility index (Phi) is 5.65. The molecular formula is C18H21N3O3S. The van der Waals surface area contributed by atoms with E-state index in [4.69, 9.17) is 4.74 Å². The number of nitrogens with zero attached hydrogens (tertiary/aromatic N) is 1. The van der Waals surface area contributed by atoms with E-state index in [2.05, 4.69) is 15.6 Å². The first-order chi connectivity index (χ1) is 12.2. The third-order valence-electron chi connectivity index (χ3n) is 4.34. The molecule has 1 saturated carbocycles. The summed E-state index contributed by atoms with van der Waals surface area (Å²) < 4.78 is 5.32. The van der Waals surface area contributed by atoms with Gasteiger partial charge in [0.25, 0.3) is 5.91 Å². The number of nitrogens with one attached hydrogen (secondary N) is 2. The molecule has 1 aromatic carbocycles. The lowest BCUT2D eigenvalue weighted by molar-refractivity contribution is -0.120. The van der Waals surface area contributed by atoms with Crippen molar-refractivity contribution in [1.29, 1.82) is 0 Å². The molecule has 0 bridgehead atoms. The summed E-state index contributed by atoms with van der Waals surface area (Å²) in [6.07, 6.45) is 6.94. The van der Waals surface area contributed by atoms with Crippen molar-refractivity contribution in [2.24, 2.45) is 5.92 Å². The van der Waals surface area contributed by atoms with Crippen LogP contribution in [0.5, 0.6) is 5.75 Å². The summed E-state index contributed by atoms with van der Waals surface area (Å²) in [7, 11) is 1.50.